The number of hydrogen-bond acceptors (Lipinski definition) is 6. The van der Waals surface area contributed by atoms with Crippen molar-refractivity contribution in [3.63, 3.8) is 0 Å². The first kappa shape index (κ1) is 23.7. The van der Waals surface area contributed by atoms with Crippen molar-refractivity contribution in [3.8, 4) is 0 Å². The number of hydrogen-bond donors (Lipinski definition) is 0. The molecule has 2 aromatic carbocycles. The number of carbonyl (C=O) groups is 2. The van der Waals surface area contributed by atoms with Crippen molar-refractivity contribution in [2.24, 2.45) is 0 Å². The standard InChI is InChI=1S/C27H30N6O3/c1-27(2,3)36-26(35)21-9-5-4-8-20(21)25(34)31-15-12-19(13-16-31)24-28-14-17-32(24)18-33-23-11-7-6-10-22(23)29-30-33/h4-11,14,17,19H,12-13,15-16,18H2,1-3H3. The molecule has 0 bridgehead atoms. The lowest BCUT2D eigenvalue weighted by Gasteiger charge is -2.32. The number of benzene rings is 2. The fraction of sp³-hybridized carbons (Fsp3) is 0.370. The minimum atomic E-state index is -0.633. The van der Waals surface area contributed by atoms with Gasteiger partial charge in [-0.05, 0) is 57.9 Å². The Labute approximate surface area is 209 Å². The van der Waals surface area contributed by atoms with Crippen molar-refractivity contribution in [3.05, 3.63) is 77.9 Å². The summed E-state index contributed by atoms with van der Waals surface area (Å²) in [7, 11) is 0. The Morgan fingerprint density at radius 1 is 1.00 bits per heavy atom. The van der Waals surface area contributed by atoms with Crippen molar-refractivity contribution in [1.29, 1.82) is 0 Å². The van der Waals surface area contributed by atoms with Gasteiger partial charge < -0.3 is 14.2 Å². The number of ether oxygens (including phenoxy) is 1. The van der Waals surface area contributed by atoms with E-state index in [1.165, 1.54) is 0 Å². The van der Waals surface area contributed by atoms with Gasteiger partial charge in [-0.15, -0.1) is 5.10 Å². The van der Waals surface area contributed by atoms with Crippen LogP contribution in [0, 0.1) is 0 Å². The summed E-state index contributed by atoms with van der Waals surface area (Å²) in [6.45, 7) is 7.15. The molecule has 0 radical (unpaired) electrons. The molecular weight excluding hydrogens is 456 g/mol. The normalized spacial score (nSPS) is 14.8. The van der Waals surface area contributed by atoms with Gasteiger partial charge in [-0.25, -0.2) is 14.5 Å². The molecular formula is C27H30N6O3. The molecule has 1 saturated heterocycles. The highest BCUT2D eigenvalue weighted by molar-refractivity contribution is 6.05. The first-order chi connectivity index (χ1) is 17.3. The number of para-hydroxylation sites is 1. The van der Waals surface area contributed by atoms with E-state index in [1.807, 2.05) is 67.0 Å². The van der Waals surface area contributed by atoms with E-state index in [2.05, 4.69) is 19.9 Å². The minimum absolute atomic E-state index is 0.146. The molecule has 3 heterocycles. The summed E-state index contributed by atoms with van der Waals surface area (Å²) in [5.41, 5.74) is 1.88. The van der Waals surface area contributed by atoms with Crippen LogP contribution in [0.4, 0.5) is 0 Å². The van der Waals surface area contributed by atoms with E-state index < -0.39 is 11.6 Å². The van der Waals surface area contributed by atoms with E-state index >= 15 is 0 Å². The van der Waals surface area contributed by atoms with Crippen molar-refractivity contribution in [2.75, 3.05) is 13.1 Å². The Balaban J connectivity index is 1.27. The monoisotopic (exact) mass is 486 g/mol. The molecule has 0 unspecified atom stereocenters. The molecule has 0 spiro atoms. The van der Waals surface area contributed by atoms with Gasteiger partial charge in [0.25, 0.3) is 5.91 Å². The first-order valence-electron chi connectivity index (χ1n) is 12.2. The summed E-state index contributed by atoms with van der Waals surface area (Å²) >= 11 is 0. The molecule has 1 fully saturated rings. The summed E-state index contributed by atoms with van der Waals surface area (Å²) in [5, 5.41) is 8.54. The Morgan fingerprint density at radius 2 is 1.69 bits per heavy atom. The number of imidazole rings is 1. The largest absolute Gasteiger partial charge is 0.456 e. The van der Waals surface area contributed by atoms with Gasteiger partial charge in [0.05, 0.1) is 16.6 Å². The number of amides is 1. The van der Waals surface area contributed by atoms with Gasteiger partial charge in [-0.3, -0.25) is 4.79 Å². The average Bonchev–Trinajstić information content (AvgIpc) is 3.50. The maximum atomic E-state index is 13.4. The van der Waals surface area contributed by atoms with Gasteiger partial charge in [0.15, 0.2) is 0 Å². The van der Waals surface area contributed by atoms with Gasteiger partial charge in [-0.2, -0.15) is 0 Å². The fourth-order valence-corrected chi connectivity index (χ4v) is 4.66. The highest BCUT2D eigenvalue weighted by Gasteiger charge is 2.30. The number of nitrogens with zero attached hydrogens (tertiary/aromatic N) is 6. The summed E-state index contributed by atoms with van der Waals surface area (Å²) in [6.07, 6.45) is 5.34. The molecule has 1 aliphatic rings. The van der Waals surface area contributed by atoms with Crippen LogP contribution in [0.3, 0.4) is 0 Å². The van der Waals surface area contributed by atoms with Crippen LogP contribution in [0.2, 0.25) is 0 Å². The smallest absolute Gasteiger partial charge is 0.339 e. The molecule has 0 aliphatic carbocycles. The molecule has 5 rings (SSSR count). The first-order valence-corrected chi connectivity index (χ1v) is 12.2. The van der Waals surface area contributed by atoms with E-state index in [4.69, 9.17) is 4.74 Å². The van der Waals surface area contributed by atoms with Crippen molar-refractivity contribution >= 4 is 22.9 Å². The van der Waals surface area contributed by atoms with E-state index in [9.17, 15) is 9.59 Å². The van der Waals surface area contributed by atoms with Crippen molar-refractivity contribution in [1.82, 2.24) is 29.4 Å². The van der Waals surface area contributed by atoms with Crippen LogP contribution < -0.4 is 0 Å². The Hall–Kier alpha value is -4.01. The molecule has 9 nitrogen and oxygen atoms in total. The number of fused-ring (bicyclic) bond motifs is 1. The van der Waals surface area contributed by atoms with E-state index in [-0.39, 0.29) is 11.8 Å². The molecule has 0 saturated carbocycles. The average molecular weight is 487 g/mol. The Bertz CT molecular complexity index is 1390. The molecule has 36 heavy (non-hydrogen) atoms. The van der Waals surface area contributed by atoms with Gasteiger partial charge in [0.2, 0.25) is 0 Å². The lowest BCUT2D eigenvalue weighted by atomic mass is 9.95. The predicted octanol–water partition coefficient (Wildman–Crippen LogP) is 4.11. The van der Waals surface area contributed by atoms with Crippen LogP contribution in [0.25, 0.3) is 11.0 Å². The quantitative estimate of drug-likeness (QED) is 0.394. The third kappa shape index (κ3) is 4.86. The molecule has 1 aliphatic heterocycles. The summed E-state index contributed by atoms with van der Waals surface area (Å²) in [6, 6.07) is 14.8. The van der Waals surface area contributed by atoms with Gasteiger partial charge in [0, 0.05) is 31.4 Å². The van der Waals surface area contributed by atoms with Crippen LogP contribution in [-0.2, 0) is 11.4 Å². The topological polar surface area (TPSA) is 95.1 Å². The molecule has 186 valence electrons. The minimum Gasteiger partial charge on any atom is -0.456 e. The van der Waals surface area contributed by atoms with Gasteiger partial charge in [0.1, 0.15) is 23.6 Å². The molecule has 1 amide bonds. The van der Waals surface area contributed by atoms with Crippen LogP contribution in [0.1, 0.15) is 66.1 Å². The number of piperidine rings is 1. The second kappa shape index (κ2) is 9.56. The summed E-state index contributed by atoms with van der Waals surface area (Å²) in [4.78, 5) is 32.5. The van der Waals surface area contributed by atoms with E-state index in [0.29, 0.717) is 30.9 Å². The molecule has 0 N–H and O–H groups in total. The Morgan fingerprint density at radius 3 is 2.44 bits per heavy atom. The fourth-order valence-electron chi connectivity index (χ4n) is 4.66. The molecule has 0 atom stereocenters. The lowest BCUT2D eigenvalue weighted by molar-refractivity contribution is 0.00664. The Kier molecular flexibility index (Phi) is 6.30. The van der Waals surface area contributed by atoms with Crippen LogP contribution >= 0.6 is 0 Å². The second-order valence-corrected chi connectivity index (χ2v) is 10.1. The second-order valence-electron chi connectivity index (χ2n) is 10.1. The predicted molar refractivity (Wildman–Crippen MR) is 135 cm³/mol. The van der Waals surface area contributed by atoms with E-state index in [0.717, 1.165) is 29.7 Å². The maximum Gasteiger partial charge on any atom is 0.339 e. The molecule has 9 heteroatoms. The zero-order chi connectivity index (χ0) is 25.3. The highest BCUT2D eigenvalue weighted by Crippen LogP contribution is 2.28. The van der Waals surface area contributed by atoms with Crippen molar-refractivity contribution in [2.45, 2.75) is 51.8 Å². The van der Waals surface area contributed by atoms with Gasteiger partial charge >= 0.3 is 5.97 Å². The molecule has 4 aromatic rings. The van der Waals surface area contributed by atoms with Crippen LogP contribution in [0.5, 0.6) is 0 Å². The lowest BCUT2D eigenvalue weighted by Crippen LogP contribution is -2.39. The highest BCUT2D eigenvalue weighted by atomic mass is 16.6. The van der Waals surface area contributed by atoms with Crippen LogP contribution in [0.15, 0.2) is 60.9 Å². The summed E-state index contributed by atoms with van der Waals surface area (Å²) < 4.78 is 9.48. The van der Waals surface area contributed by atoms with Crippen LogP contribution in [-0.4, -0.2) is 60.0 Å². The van der Waals surface area contributed by atoms with Gasteiger partial charge in [-0.1, -0.05) is 29.5 Å². The SMILES string of the molecule is CC(C)(C)OC(=O)c1ccccc1C(=O)N1CCC(c2nccn2Cn2nnc3ccccc32)CC1. The maximum absolute atomic E-state index is 13.4. The number of esters is 1. The zero-order valence-corrected chi connectivity index (χ0v) is 20.8. The summed E-state index contributed by atoms with van der Waals surface area (Å²) in [5.74, 6) is 0.576. The van der Waals surface area contributed by atoms with Crippen molar-refractivity contribution < 1.29 is 14.3 Å². The molecule has 2 aromatic heterocycles. The third-order valence-corrected chi connectivity index (χ3v) is 6.38. The number of aromatic nitrogens is 5. The third-order valence-electron chi connectivity index (χ3n) is 6.38. The number of carbonyl (C=O) groups excluding carboxylic acids is 2. The zero-order valence-electron chi connectivity index (χ0n) is 20.8. The number of rotatable bonds is 5. The van der Waals surface area contributed by atoms with E-state index in [1.54, 1.807) is 24.3 Å². The number of likely N-dealkylation sites (tertiary alicyclic amines) is 1.